The lowest BCUT2D eigenvalue weighted by atomic mass is 10.2. The number of benzene rings is 1. The summed E-state index contributed by atoms with van der Waals surface area (Å²) in [6.07, 6.45) is 1.83. The number of nitrogens with zero attached hydrogens (tertiary/aromatic N) is 2. The second-order valence-electron chi connectivity index (χ2n) is 3.29. The number of hydrogen-bond acceptors (Lipinski definition) is 4. The fourth-order valence-electron chi connectivity index (χ4n) is 1.56. The van der Waals surface area contributed by atoms with E-state index in [9.17, 15) is 0 Å². The predicted octanol–water partition coefficient (Wildman–Crippen LogP) is 3.73. The van der Waals surface area contributed by atoms with Crippen molar-refractivity contribution >= 4 is 33.1 Å². The predicted molar refractivity (Wildman–Crippen MR) is 65.5 cm³/mol. The third-order valence-electron chi connectivity index (χ3n) is 2.22. The summed E-state index contributed by atoms with van der Waals surface area (Å²) in [6, 6.07) is 8.43. The van der Waals surface area contributed by atoms with Crippen LogP contribution in [0.5, 0.6) is 0 Å². The zero-order chi connectivity index (χ0) is 10.3. The number of aromatic nitrogens is 2. The summed E-state index contributed by atoms with van der Waals surface area (Å²) in [6.45, 7) is 2.04. The first kappa shape index (κ1) is 9.00. The molecule has 2 aromatic heterocycles. The molecule has 0 spiro atoms. The van der Waals surface area contributed by atoms with E-state index in [0.29, 0.717) is 0 Å². The zero-order valence-corrected chi connectivity index (χ0v) is 9.73. The monoisotopic (exact) mass is 232 g/mol. The van der Waals surface area contributed by atoms with Crippen LogP contribution < -0.4 is 0 Å². The van der Waals surface area contributed by atoms with E-state index >= 15 is 0 Å². The number of fused-ring (bicyclic) bond motifs is 1. The van der Waals surface area contributed by atoms with Crippen LogP contribution in [0.4, 0.5) is 0 Å². The first-order valence-electron chi connectivity index (χ1n) is 4.61. The number of rotatable bonds is 1. The standard InChI is InChI=1S/C11H8N2S2/c1-7-13-9-6-8(2-3-11(9)14-7)10-4-5-12-15-10/h2-6H,1H3. The van der Waals surface area contributed by atoms with Crippen LogP contribution >= 0.6 is 22.9 Å². The molecule has 0 bridgehead atoms. The van der Waals surface area contributed by atoms with Gasteiger partial charge in [-0.15, -0.1) is 11.3 Å². The Morgan fingerprint density at radius 1 is 1.20 bits per heavy atom. The van der Waals surface area contributed by atoms with E-state index in [0.717, 1.165) is 10.5 Å². The van der Waals surface area contributed by atoms with Crippen LogP contribution in [-0.2, 0) is 0 Å². The highest BCUT2D eigenvalue weighted by Gasteiger charge is 2.04. The van der Waals surface area contributed by atoms with E-state index in [1.54, 1.807) is 11.3 Å². The Morgan fingerprint density at radius 2 is 2.13 bits per heavy atom. The minimum Gasteiger partial charge on any atom is -0.241 e. The summed E-state index contributed by atoms with van der Waals surface area (Å²) in [5.41, 5.74) is 2.29. The molecule has 0 unspecified atom stereocenters. The molecule has 0 radical (unpaired) electrons. The second kappa shape index (κ2) is 3.40. The van der Waals surface area contributed by atoms with Crippen molar-refractivity contribution in [1.29, 1.82) is 0 Å². The molecule has 74 valence electrons. The van der Waals surface area contributed by atoms with E-state index in [2.05, 4.69) is 27.6 Å². The van der Waals surface area contributed by atoms with Crippen molar-refractivity contribution in [3.63, 3.8) is 0 Å². The highest BCUT2D eigenvalue weighted by Crippen LogP contribution is 2.28. The Labute approximate surface area is 95.4 Å². The maximum absolute atomic E-state index is 4.49. The Balaban J connectivity index is 2.21. The summed E-state index contributed by atoms with van der Waals surface area (Å²) in [7, 11) is 0. The summed E-state index contributed by atoms with van der Waals surface area (Å²) in [4.78, 5) is 5.68. The molecule has 0 N–H and O–H groups in total. The van der Waals surface area contributed by atoms with Gasteiger partial charge in [0, 0.05) is 6.20 Å². The molecule has 4 heteroatoms. The molecule has 1 aromatic carbocycles. The van der Waals surface area contributed by atoms with Gasteiger partial charge in [0.15, 0.2) is 0 Å². The summed E-state index contributed by atoms with van der Waals surface area (Å²) < 4.78 is 5.36. The van der Waals surface area contributed by atoms with Gasteiger partial charge in [-0.1, -0.05) is 6.07 Å². The van der Waals surface area contributed by atoms with Gasteiger partial charge >= 0.3 is 0 Å². The van der Waals surface area contributed by atoms with Gasteiger partial charge in [-0.05, 0) is 42.2 Å². The fraction of sp³-hybridized carbons (Fsp3) is 0.0909. The molecule has 0 amide bonds. The summed E-state index contributed by atoms with van der Waals surface area (Å²) in [5, 5.41) is 1.12. The van der Waals surface area contributed by atoms with E-state index in [1.807, 2.05) is 19.2 Å². The molecule has 0 saturated heterocycles. The molecular weight excluding hydrogens is 224 g/mol. The second-order valence-corrected chi connectivity index (χ2v) is 5.36. The highest BCUT2D eigenvalue weighted by molar-refractivity contribution is 7.18. The lowest BCUT2D eigenvalue weighted by Crippen LogP contribution is -1.73. The lowest BCUT2D eigenvalue weighted by molar-refractivity contribution is 1.35. The first-order valence-corrected chi connectivity index (χ1v) is 6.20. The molecule has 0 saturated carbocycles. The number of thiazole rings is 1. The highest BCUT2D eigenvalue weighted by atomic mass is 32.1. The molecule has 2 nitrogen and oxygen atoms in total. The van der Waals surface area contributed by atoms with Crippen molar-refractivity contribution in [3.05, 3.63) is 35.5 Å². The molecule has 3 aromatic rings. The van der Waals surface area contributed by atoms with Gasteiger partial charge in [0.05, 0.1) is 20.1 Å². The molecule has 0 aliphatic heterocycles. The SMILES string of the molecule is Cc1nc2cc(-c3ccns3)ccc2s1. The fourth-order valence-corrected chi connectivity index (χ4v) is 2.96. The normalized spacial score (nSPS) is 11.0. The van der Waals surface area contributed by atoms with Gasteiger partial charge in [-0.2, -0.15) is 0 Å². The molecular formula is C11H8N2S2. The number of aryl methyl sites for hydroxylation is 1. The van der Waals surface area contributed by atoms with Gasteiger partial charge in [0.1, 0.15) is 0 Å². The largest absolute Gasteiger partial charge is 0.241 e. The Kier molecular flexibility index (Phi) is 2.04. The van der Waals surface area contributed by atoms with Crippen LogP contribution in [0, 0.1) is 6.92 Å². The first-order chi connectivity index (χ1) is 7.33. The van der Waals surface area contributed by atoms with E-state index in [-0.39, 0.29) is 0 Å². The van der Waals surface area contributed by atoms with Gasteiger partial charge in [0.2, 0.25) is 0 Å². The van der Waals surface area contributed by atoms with Crippen LogP contribution in [-0.4, -0.2) is 9.36 Å². The van der Waals surface area contributed by atoms with Crippen molar-refractivity contribution in [2.45, 2.75) is 6.92 Å². The van der Waals surface area contributed by atoms with Gasteiger partial charge in [-0.3, -0.25) is 0 Å². The maximum Gasteiger partial charge on any atom is 0.0907 e. The van der Waals surface area contributed by atoms with Crippen LogP contribution in [0.3, 0.4) is 0 Å². The molecule has 0 atom stereocenters. The smallest absolute Gasteiger partial charge is 0.0907 e. The maximum atomic E-state index is 4.49. The molecule has 3 rings (SSSR count). The molecule has 0 aliphatic carbocycles. The topological polar surface area (TPSA) is 25.8 Å². The summed E-state index contributed by atoms with van der Waals surface area (Å²) >= 11 is 3.25. The molecule has 15 heavy (non-hydrogen) atoms. The van der Waals surface area contributed by atoms with Crippen molar-refractivity contribution < 1.29 is 0 Å². The molecule has 0 aliphatic rings. The number of hydrogen-bond donors (Lipinski definition) is 0. The minimum atomic E-state index is 1.09. The van der Waals surface area contributed by atoms with Gasteiger partial charge in [-0.25, -0.2) is 9.36 Å². The van der Waals surface area contributed by atoms with Crippen molar-refractivity contribution in [1.82, 2.24) is 9.36 Å². The van der Waals surface area contributed by atoms with E-state index < -0.39 is 0 Å². The third-order valence-corrected chi connectivity index (χ3v) is 3.96. The average molecular weight is 232 g/mol. The molecule has 2 heterocycles. The quantitative estimate of drug-likeness (QED) is 0.639. The Morgan fingerprint density at radius 3 is 2.93 bits per heavy atom. The van der Waals surface area contributed by atoms with Crippen LogP contribution in [0.2, 0.25) is 0 Å². The van der Waals surface area contributed by atoms with E-state index in [1.165, 1.54) is 26.7 Å². The van der Waals surface area contributed by atoms with Crippen molar-refractivity contribution in [2.75, 3.05) is 0 Å². The Hall–Kier alpha value is -1.26. The van der Waals surface area contributed by atoms with Crippen molar-refractivity contribution in [2.24, 2.45) is 0 Å². The van der Waals surface area contributed by atoms with Crippen molar-refractivity contribution in [3.8, 4) is 10.4 Å². The summed E-state index contributed by atoms with van der Waals surface area (Å²) in [5.74, 6) is 0. The van der Waals surface area contributed by atoms with Gasteiger partial charge in [0.25, 0.3) is 0 Å². The average Bonchev–Trinajstić information content (AvgIpc) is 2.82. The van der Waals surface area contributed by atoms with Crippen LogP contribution in [0.1, 0.15) is 5.01 Å². The Bertz CT molecular complexity index is 596. The lowest BCUT2D eigenvalue weighted by Gasteiger charge is -1.95. The van der Waals surface area contributed by atoms with Crippen LogP contribution in [0.15, 0.2) is 30.5 Å². The molecule has 0 fully saturated rings. The minimum absolute atomic E-state index is 1.09. The van der Waals surface area contributed by atoms with Crippen LogP contribution in [0.25, 0.3) is 20.7 Å². The third kappa shape index (κ3) is 1.56. The zero-order valence-electron chi connectivity index (χ0n) is 8.10. The van der Waals surface area contributed by atoms with Gasteiger partial charge < -0.3 is 0 Å². The van der Waals surface area contributed by atoms with E-state index in [4.69, 9.17) is 0 Å².